The highest BCUT2D eigenvalue weighted by Crippen LogP contribution is 2.23. The molecule has 0 radical (unpaired) electrons. The predicted octanol–water partition coefficient (Wildman–Crippen LogP) is 1.38. The molecule has 23 heavy (non-hydrogen) atoms. The smallest absolute Gasteiger partial charge is 0.257 e. The van der Waals surface area contributed by atoms with Gasteiger partial charge in [0.05, 0.1) is 5.56 Å². The molecule has 3 heterocycles. The molecule has 2 saturated heterocycles. The summed E-state index contributed by atoms with van der Waals surface area (Å²) in [6.07, 6.45) is 5.32. The van der Waals surface area contributed by atoms with E-state index in [1.54, 1.807) is 18.0 Å². The third kappa shape index (κ3) is 3.46. The first-order valence-electron chi connectivity index (χ1n) is 8.41. The number of aromatic nitrogens is 1. The third-order valence-electron chi connectivity index (χ3n) is 4.68. The fourth-order valence-electron chi connectivity index (χ4n) is 3.32. The van der Waals surface area contributed by atoms with Crippen LogP contribution >= 0.6 is 0 Å². The molecule has 1 aromatic heterocycles. The Morgan fingerprint density at radius 3 is 2.26 bits per heavy atom. The van der Waals surface area contributed by atoms with Gasteiger partial charge in [0.25, 0.3) is 5.91 Å². The molecule has 6 nitrogen and oxygen atoms in total. The second-order valence-corrected chi connectivity index (χ2v) is 6.22. The number of rotatable bonds is 2. The number of piperidine rings is 1. The standard InChI is InChI=1S/C17H24N4O2/c1-14(22)19-10-12-21(13-11-19)17(23)15-6-5-7-18-16(15)20-8-3-2-4-9-20/h5-7H,2-4,8-13H2,1H3. The van der Waals surface area contributed by atoms with Gasteiger partial charge >= 0.3 is 0 Å². The minimum atomic E-state index is 0.0295. The summed E-state index contributed by atoms with van der Waals surface area (Å²) in [4.78, 5) is 34.6. The van der Waals surface area contributed by atoms with Gasteiger partial charge in [-0.3, -0.25) is 9.59 Å². The number of hydrogen-bond donors (Lipinski definition) is 0. The van der Waals surface area contributed by atoms with Crippen LogP contribution in [0.4, 0.5) is 5.82 Å². The van der Waals surface area contributed by atoms with Crippen molar-refractivity contribution in [3.8, 4) is 0 Å². The largest absolute Gasteiger partial charge is 0.356 e. The predicted molar refractivity (Wildman–Crippen MR) is 88.5 cm³/mol. The maximum Gasteiger partial charge on any atom is 0.257 e. The number of hydrogen-bond acceptors (Lipinski definition) is 4. The minimum absolute atomic E-state index is 0.0295. The Labute approximate surface area is 137 Å². The number of amides is 2. The molecule has 2 aliphatic heterocycles. The molecule has 0 atom stereocenters. The Morgan fingerprint density at radius 2 is 1.61 bits per heavy atom. The third-order valence-corrected chi connectivity index (χ3v) is 4.68. The normalized spacial score (nSPS) is 18.9. The monoisotopic (exact) mass is 316 g/mol. The summed E-state index contributed by atoms with van der Waals surface area (Å²) >= 11 is 0. The van der Waals surface area contributed by atoms with E-state index in [9.17, 15) is 9.59 Å². The molecular formula is C17H24N4O2. The molecular weight excluding hydrogens is 292 g/mol. The van der Waals surface area contributed by atoms with E-state index in [0.29, 0.717) is 31.7 Å². The highest BCUT2D eigenvalue weighted by atomic mass is 16.2. The van der Waals surface area contributed by atoms with E-state index in [1.807, 2.05) is 17.0 Å². The molecule has 2 fully saturated rings. The van der Waals surface area contributed by atoms with E-state index in [1.165, 1.54) is 6.42 Å². The number of pyridine rings is 1. The fourth-order valence-corrected chi connectivity index (χ4v) is 3.32. The molecule has 124 valence electrons. The molecule has 0 unspecified atom stereocenters. The van der Waals surface area contributed by atoms with Crippen LogP contribution in [0.15, 0.2) is 18.3 Å². The SMILES string of the molecule is CC(=O)N1CCN(C(=O)c2cccnc2N2CCCCC2)CC1. The summed E-state index contributed by atoms with van der Waals surface area (Å²) in [5.74, 6) is 0.917. The van der Waals surface area contributed by atoms with Crippen molar-refractivity contribution < 1.29 is 9.59 Å². The lowest BCUT2D eigenvalue weighted by molar-refractivity contribution is -0.130. The Morgan fingerprint density at radius 1 is 0.957 bits per heavy atom. The highest BCUT2D eigenvalue weighted by molar-refractivity contribution is 5.99. The summed E-state index contributed by atoms with van der Waals surface area (Å²) in [5.41, 5.74) is 0.686. The van der Waals surface area contributed by atoms with Crippen LogP contribution in [0.25, 0.3) is 0 Å². The molecule has 3 rings (SSSR count). The second kappa shape index (κ2) is 6.98. The molecule has 0 N–H and O–H groups in total. The van der Waals surface area contributed by atoms with Crippen molar-refractivity contribution in [1.82, 2.24) is 14.8 Å². The number of piperazine rings is 1. The van der Waals surface area contributed by atoms with E-state index < -0.39 is 0 Å². The lowest BCUT2D eigenvalue weighted by atomic mass is 10.1. The van der Waals surface area contributed by atoms with Gasteiger partial charge < -0.3 is 14.7 Å². The van der Waals surface area contributed by atoms with Crippen LogP contribution < -0.4 is 4.90 Å². The Kier molecular flexibility index (Phi) is 4.79. The van der Waals surface area contributed by atoms with Crippen molar-refractivity contribution in [2.45, 2.75) is 26.2 Å². The molecule has 0 aliphatic carbocycles. The van der Waals surface area contributed by atoms with Crippen molar-refractivity contribution >= 4 is 17.6 Å². The zero-order valence-corrected chi connectivity index (χ0v) is 13.7. The van der Waals surface area contributed by atoms with Gasteiger partial charge in [-0.1, -0.05) is 0 Å². The van der Waals surface area contributed by atoms with E-state index in [4.69, 9.17) is 0 Å². The van der Waals surface area contributed by atoms with Gasteiger partial charge in [-0.25, -0.2) is 4.98 Å². The molecule has 6 heteroatoms. The van der Waals surface area contributed by atoms with Gasteiger partial charge in [0, 0.05) is 52.4 Å². The van der Waals surface area contributed by atoms with Crippen LogP contribution in [0.3, 0.4) is 0 Å². The first kappa shape index (κ1) is 15.8. The van der Waals surface area contributed by atoms with Crippen molar-refractivity contribution in [2.24, 2.45) is 0 Å². The van der Waals surface area contributed by atoms with E-state index in [2.05, 4.69) is 9.88 Å². The molecule has 0 spiro atoms. The van der Waals surface area contributed by atoms with Crippen LogP contribution in [-0.2, 0) is 4.79 Å². The van der Waals surface area contributed by atoms with Crippen molar-refractivity contribution in [3.63, 3.8) is 0 Å². The number of carbonyl (C=O) groups excluding carboxylic acids is 2. The summed E-state index contributed by atoms with van der Waals surface area (Å²) in [7, 11) is 0. The van der Waals surface area contributed by atoms with Crippen molar-refractivity contribution in [3.05, 3.63) is 23.9 Å². The average molecular weight is 316 g/mol. The first-order chi connectivity index (χ1) is 11.2. The van der Waals surface area contributed by atoms with Crippen LogP contribution in [0, 0.1) is 0 Å². The molecule has 2 aliphatic rings. The van der Waals surface area contributed by atoms with E-state index in [0.717, 1.165) is 31.7 Å². The maximum atomic E-state index is 12.9. The maximum absolute atomic E-state index is 12.9. The molecule has 0 aromatic carbocycles. The second-order valence-electron chi connectivity index (χ2n) is 6.22. The summed E-state index contributed by atoms with van der Waals surface area (Å²) in [5, 5.41) is 0. The summed E-state index contributed by atoms with van der Waals surface area (Å²) < 4.78 is 0. The van der Waals surface area contributed by atoms with Crippen LogP contribution in [-0.4, -0.2) is 65.9 Å². The number of anilines is 1. The van der Waals surface area contributed by atoms with Gasteiger partial charge in [0.15, 0.2) is 0 Å². The minimum Gasteiger partial charge on any atom is -0.356 e. The van der Waals surface area contributed by atoms with Crippen LogP contribution in [0.1, 0.15) is 36.5 Å². The molecule has 1 aromatic rings. The van der Waals surface area contributed by atoms with Crippen molar-refractivity contribution in [2.75, 3.05) is 44.2 Å². The van der Waals surface area contributed by atoms with Gasteiger partial charge in [0.2, 0.25) is 5.91 Å². The number of nitrogens with zero attached hydrogens (tertiary/aromatic N) is 4. The van der Waals surface area contributed by atoms with Crippen LogP contribution in [0.2, 0.25) is 0 Å². The zero-order valence-electron chi connectivity index (χ0n) is 13.7. The first-order valence-corrected chi connectivity index (χ1v) is 8.41. The Balaban J connectivity index is 1.74. The Bertz CT molecular complexity index is 576. The van der Waals surface area contributed by atoms with Gasteiger partial charge in [-0.2, -0.15) is 0 Å². The molecule has 0 saturated carbocycles. The molecule has 0 bridgehead atoms. The highest BCUT2D eigenvalue weighted by Gasteiger charge is 2.26. The van der Waals surface area contributed by atoms with E-state index >= 15 is 0 Å². The number of carbonyl (C=O) groups is 2. The van der Waals surface area contributed by atoms with E-state index in [-0.39, 0.29) is 11.8 Å². The summed E-state index contributed by atoms with van der Waals surface area (Å²) in [6.45, 7) is 5.91. The Hall–Kier alpha value is -2.11. The average Bonchev–Trinajstić information content (AvgIpc) is 2.62. The quantitative estimate of drug-likeness (QED) is 0.827. The molecule has 2 amide bonds. The van der Waals surface area contributed by atoms with Gasteiger partial charge in [0.1, 0.15) is 5.82 Å². The van der Waals surface area contributed by atoms with Crippen LogP contribution in [0.5, 0.6) is 0 Å². The lowest BCUT2D eigenvalue weighted by Crippen LogP contribution is -2.50. The van der Waals surface area contributed by atoms with Gasteiger partial charge in [-0.05, 0) is 31.4 Å². The fraction of sp³-hybridized carbons (Fsp3) is 0.588. The van der Waals surface area contributed by atoms with Crippen molar-refractivity contribution in [1.29, 1.82) is 0 Å². The van der Waals surface area contributed by atoms with Gasteiger partial charge in [-0.15, -0.1) is 0 Å². The zero-order chi connectivity index (χ0) is 16.2. The lowest BCUT2D eigenvalue weighted by Gasteiger charge is -2.35. The summed E-state index contributed by atoms with van der Waals surface area (Å²) in [6, 6.07) is 3.70. The topological polar surface area (TPSA) is 56.8 Å².